The molecule has 0 bridgehead atoms. The van der Waals surface area contributed by atoms with Crippen molar-refractivity contribution >= 4 is 28.4 Å². The molecular weight excluding hydrogens is 418 g/mol. The largest absolute Gasteiger partial charge is 0.497 e. The zero-order valence-electron chi connectivity index (χ0n) is 19.7. The Balaban J connectivity index is 1.60. The first-order valence-corrected chi connectivity index (χ1v) is 11.6. The summed E-state index contributed by atoms with van der Waals surface area (Å²) in [6.07, 6.45) is 6.50. The number of benzene rings is 1. The van der Waals surface area contributed by atoms with Crippen molar-refractivity contribution in [3.8, 4) is 5.75 Å². The Morgan fingerprint density at radius 1 is 1.30 bits per heavy atom. The number of imidazole rings is 1. The highest BCUT2D eigenvalue weighted by Crippen LogP contribution is 2.40. The van der Waals surface area contributed by atoms with Gasteiger partial charge in [0, 0.05) is 17.9 Å². The molecule has 0 radical (unpaired) electrons. The number of pyridine rings is 1. The zero-order valence-corrected chi connectivity index (χ0v) is 19.7. The van der Waals surface area contributed by atoms with Gasteiger partial charge in [-0.15, -0.1) is 0 Å². The van der Waals surface area contributed by atoms with E-state index in [1.54, 1.807) is 43.9 Å². The second-order valence-corrected chi connectivity index (χ2v) is 9.35. The molecule has 1 aliphatic carbocycles. The van der Waals surface area contributed by atoms with Gasteiger partial charge in [0.1, 0.15) is 11.3 Å². The van der Waals surface area contributed by atoms with Crippen LogP contribution in [0.4, 0.5) is 11.4 Å². The summed E-state index contributed by atoms with van der Waals surface area (Å²) >= 11 is 0. The minimum absolute atomic E-state index is 0.0423. The van der Waals surface area contributed by atoms with E-state index in [9.17, 15) is 9.90 Å². The molecule has 0 aliphatic heterocycles. The maximum atomic E-state index is 13.2. The van der Waals surface area contributed by atoms with E-state index in [1.807, 2.05) is 6.92 Å². The summed E-state index contributed by atoms with van der Waals surface area (Å²) < 4.78 is 5.19. The number of rotatable bonds is 7. The van der Waals surface area contributed by atoms with Gasteiger partial charge in [-0.25, -0.2) is 9.97 Å². The third-order valence-electron chi connectivity index (χ3n) is 6.85. The summed E-state index contributed by atoms with van der Waals surface area (Å²) in [5.74, 6) is 1.17. The minimum Gasteiger partial charge on any atom is -0.497 e. The van der Waals surface area contributed by atoms with Crippen molar-refractivity contribution in [3.05, 3.63) is 42.4 Å². The highest BCUT2D eigenvalue weighted by Gasteiger charge is 2.38. The quantitative estimate of drug-likeness (QED) is 0.418. The van der Waals surface area contributed by atoms with Gasteiger partial charge >= 0.3 is 0 Å². The molecule has 4 atom stereocenters. The molecule has 4 rings (SSSR count). The van der Waals surface area contributed by atoms with Crippen LogP contribution in [0, 0.1) is 11.8 Å². The van der Waals surface area contributed by atoms with Crippen LogP contribution >= 0.6 is 0 Å². The average molecular weight is 452 g/mol. The molecule has 176 valence electrons. The van der Waals surface area contributed by atoms with Crippen LogP contribution < -0.4 is 15.4 Å². The van der Waals surface area contributed by atoms with Gasteiger partial charge < -0.3 is 25.5 Å². The lowest BCUT2D eigenvalue weighted by Gasteiger charge is -2.42. The van der Waals surface area contributed by atoms with Crippen LogP contribution in [0.5, 0.6) is 5.75 Å². The van der Waals surface area contributed by atoms with Crippen LogP contribution in [-0.2, 0) is 0 Å². The van der Waals surface area contributed by atoms with Gasteiger partial charge in [0.05, 0.1) is 30.3 Å². The number of nitrogens with one attached hydrogen (secondary N) is 3. The monoisotopic (exact) mass is 451 g/mol. The van der Waals surface area contributed by atoms with Crippen LogP contribution in [0.2, 0.25) is 0 Å². The molecule has 2 heterocycles. The summed E-state index contributed by atoms with van der Waals surface area (Å²) in [6, 6.07) is 7.22. The molecule has 0 spiro atoms. The summed E-state index contributed by atoms with van der Waals surface area (Å²) in [7, 11) is 1.60. The molecule has 1 fully saturated rings. The standard InChI is InChI=1S/C25H33N5O3/c1-5-25(32)11-15(2)10-17(12-25)16(3)29-21-20(13-26-23-22(21)27-14-28-23)24(31)30-18-6-8-19(33-4)9-7-18/h6-9,13-17,32H,5,10-12H2,1-4H3,(H,30,31)(H2,26,27,28,29)/t15?,16-,17-,25-/m0/s1. The molecule has 2 aromatic heterocycles. The van der Waals surface area contributed by atoms with E-state index in [0.717, 1.165) is 31.4 Å². The van der Waals surface area contributed by atoms with Crippen molar-refractivity contribution in [3.63, 3.8) is 0 Å². The van der Waals surface area contributed by atoms with Crippen LogP contribution in [0.1, 0.15) is 56.8 Å². The molecule has 3 aromatic rings. The Morgan fingerprint density at radius 2 is 2.06 bits per heavy atom. The number of ether oxygens (including phenoxy) is 1. The summed E-state index contributed by atoms with van der Waals surface area (Å²) in [5, 5.41) is 17.5. The number of aromatic nitrogens is 3. The number of aliphatic hydroxyl groups is 1. The molecular formula is C25H33N5O3. The predicted octanol–water partition coefficient (Wildman–Crippen LogP) is 4.60. The number of nitrogens with zero attached hydrogens (tertiary/aromatic N) is 2. The predicted molar refractivity (Wildman–Crippen MR) is 130 cm³/mol. The van der Waals surface area contributed by atoms with Gasteiger partial charge in [0.2, 0.25) is 0 Å². The van der Waals surface area contributed by atoms with E-state index in [2.05, 4.69) is 39.4 Å². The normalized spacial score (nSPS) is 23.8. The molecule has 1 amide bonds. The Morgan fingerprint density at radius 3 is 2.76 bits per heavy atom. The SMILES string of the molecule is CC[C@]1(O)CC(C)C[C@H]([C@H](C)Nc2c(C(=O)Nc3ccc(OC)cc3)cnc3[nH]cnc23)C1. The number of hydrogen-bond acceptors (Lipinski definition) is 6. The lowest BCUT2D eigenvalue weighted by molar-refractivity contribution is -0.0394. The smallest absolute Gasteiger partial charge is 0.259 e. The Bertz CT molecular complexity index is 1110. The first kappa shape index (κ1) is 23.0. The lowest BCUT2D eigenvalue weighted by atomic mass is 9.70. The number of carbonyl (C=O) groups excluding carboxylic acids is 1. The summed E-state index contributed by atoms with van der Waals surface area (Å²) in [5.41, 5.74) is 2.35. The van der Waals surface area contributed by atoms with Gasteiger partial charge in [-0.3, -0.25) is 4.79 Å². The Kier molecular flexibility index (Phi) is 6.56. The van der Waals surface area contributed by atoms with Gasteiger partial charge in [-0.1, -0.05) is 13.8 Å². The van der Waals surface area contributed by atoms with Gasteiger partial charge in [-0.2, -0.15) is 0 Å². The minimum atomic E-state index is -0.632. The Hall–Kier alpha value is -3.13. The van der Waals surface area contributed by atoms with Crippen LogP contribution in [0.25, 0.3) is 11.2 Å². The lowest BCUT2D eigenvalue weighted by Crippen LogP contribution is -2.43. The maximum absolute atomic E-state index is 13.2. The second kappa shape index (κ2) is 9.39. The van der Waals surface area contributed by atoms with Crippen molar-refractivity contribution in [2.45, 2.75) is 58.1 Å². The number of amides is 1. The topological polar surface area (TPSA) is 112 Å². The molecule has 33 heavy (non-hydrogen) atoms. The molecule has 1 saturated carbocycles. The fourth-order valence-electron chi connectivity index (χ4n) is 5.00. The van der Waals surface area contributed by atoms with E-state index >= 15 is 0 Å². The fourth-order valence-corrected chi connectivity index (χ4v) is 5.00. The number of hydrogen-bond donors (Lipinski definition) is 4. The van der Waals surface area contributed by atoms with Crippen LogP contribution in [-0.4, -0.2) is 44.7 Å². The molecule has 8 nitrogen and oxygen atoms in total. The molecule has 8 heteroatoms. The highest BCUT2D eigenvalue weighted by molar-refractivity contribution is 6.11. The van der Waals surface area contributed by atoms with Crippen molar-refractivity contribution in [2.75, 3.05) is 17.7 Å². The highest BCUT2D eigenvalue weighted by atomic mass is 16.5. The van der Waals surface area contributed by atoms with E-state index in [0.29, 0.717) is 34.0 Å². The third-order valence-corrected chi connectivity index (χ3v) is 6.85. The van der Waals surface area contributed by atoms with Gasteiger partial charge in [-0.05, 0) is 68.7 Å². The van der Waals surface area contributed by atoms with Gasteiger partial charge in [0.15, 0.2) is 5.65 Å². The molecule has 1 aromatic carbocycles. The van der Waals surface area contributed by atoms with Crippen molar-refractivity contribution < 1.29 is 14.6 Å². The second-order valence-electron chi connectivity index (χ2n) is 9.35. The average Bonchev–Trinajstić information content (AvgIpc) is 3.28. The maximum Gasteiger partial charge on any atom is 0.259 e. The van der Waals surface area contributed by atoms with E-state index in [4.69, 9.17) is 4.74 Å². The van der Waals surface area contributed by atoms with Gasteiger partial charge in [0.25, 0.3) is 5.91 Å². The zero-order chi connectivity index (χ0) is 23.6. The number of anilines is 2. The van der Waals surface area contributed by atoms with E-state index in [1.165, 1.54) is 0 Å². The molecule has 1 unspecified atom stereocenters. The van der Waals surface area contributed by atoms with E-state index < -0.39 is 5.60 Å². The third kappa shape index (κ3) is 4.95. The number of methoxy groups -OCH3 is 1. The van der Waals surface area contributed by atoms with E-state index in [-0.39, 0.29) is 17.9 Å². The Labute approximate surface area is 194 Å². The number of aromatic amines is 1. The molecule has 1 aliphatic rings. The number of fused-ring (bicyclic) bond motifs is 1. The van der Waals surface area contributed by atoms with Crippen molar-refractivity contribution in [1.82, 2.24) is 15.0 Å². The van der Waals surface area contributed by atoms with Crippen molar-refractivity contribution in [1.29, 1.82) is 0 Å². The van der Waals surface area contributed by atoms with Crippen molar-refractivity contribution in [2.24, 2.45) is 11.8 Å². The fraction of sp³-hybridized carbons (Fsp3) is 0.480. The molecule has 0 saturated heterocycles. The first-order valence-electron chi connectivity index (χ1n) is 11.6. The number of carbonyl (C=O) groups is 1. The number of H-pyrrole nitrogens is 1. The van der Waals surface area contributed by atoms with Crippen LogP contribution in [0.3, 0.4) is 0 Å². The van der Waals surface area contributed by atoms with Crippen LogP contribution in [0.15, 0.2) is 36.8 Å². The molecule has 4 N–H and O–H groups in total. The summed E-state index contributed by atoms with van der Waals surface area (Å²) in [6.45, 7) is 6.36. The summed E-state index contributed by atoms with van der Waals surface area (Å²) in [4.78, 5) is 25.0. The first-order chi connectivity index (χ1) is 15.8.